The van der Waals surface area contributed by atoms with Crippen LogP contribution in [0.2, 0.25) is 0 Å². The number of hydrogen-bond acceptors (Lipinski definition) is 2. The van der Waals surface area contributed by atoms with E-state index in [4.69, 9.17) is 4.42 Å². The fraction of sp³-hybridized carbons (Fsp3) is 0.706. The first-order chi connectivity index (χ1) is 9.84. The lowest BCUT2D eigenvalue weighted by atomic mass is 9.96. The zero-order chi connectivity index (χ0) is 13.5. The molecule has 1 aromatic heterocycles. The molecule has 3 aliphatic rings. The molecule has 2 heterocycles. The highest BCUT2D eigenvalue weighted by atomic mass is 16.3. The molecule has 2 saturated carbocycles. The summed E-state index contributed by atoms with van der Waals surface area (Å²) in [6.07, 6.45) is 10.5. The van der Waals surface area contributed by atoms with Crippen LogP contribution in [0.15, 0.2) is 22.8 Å². The fourth-order valence-corrected chi connectivity index (χ4v) is 4.40. The van der Waals surface area contributed by atoms with Crippen LogP contribution in [0.1, 0.15) is 56.6 Å². The molecule has 0 bridgehead atoms. The molecule has 3 heteroatoms. The normalized spacial score (nSPS) is 33.8. The zero-order valence-corrected chi connectivity index (χ0v) is 12.0. The summed E-state index contributed by atoms with van der Waals surface area (Å²) in [4.78, 5) is 15.0. The van der Waals surface area contributed by atoms with Gasteiger partial charge in [-0.25, -0.2) is 0 Å². The molecule has 0 radical (unpaired) electrons. The van der Waals surface area contributed by atoms with Gasteiger partial charge in [-0.15, -0.1) is 0 Å². The average molecular weight is 273 g/mol. The maximum atomic E-state index is 12.8. The minimum Gasteiger partial charge on any atom is -0.469 e. The highest BCUT2D eigenvalue weighted by molar-refractivity contribution is 5.83. The average Bonchev–Trinajstić information content (AvgIpc) is 2.97. The first kappa shape index (κ1) is 12.5. The van der Waals surface area contributed by atoms with Crippen molar-refractivity contribution >= 4 is 5.91 Å². The molecule has 3 fully saturated rings. The minimum absolute atomic E-state index is 0.197. The molecule has 4 rings (SSSR count). The van der Waals surface area contributed by atoms with E-state index in [0.29, 0.717) is 17.9 Å². The van der Waals surface area contributed by atoms with Gasteiger partial charge in [0.2, 0.25) is 5.91 Å². The lowest BCUT2D eigenvalue weighted by molar-refractivity contribution is -0.134. The summed E-state index contributed by atoms with van der Waals surface area (Å²) < 4.78 is 5.46. The number of amides is 1. The molecule has 1 saturated heterocycles. The van der Waals surface area contributed by atoms with Crippen LogP contribution < -0.4 is 0 Å². The molecular weight excluding hydrogens is 250 g/mol. The van der Waals surface area contributed by atoms with Crippen molar-refractivity contribution < 1.29 is 9.21 Å². The number of carbonyl (C=O) groups excluding carboxylic acids is 1. The molecule has 1 aromatic rings. The predicted molar refractivity (Wildman–Crippen MR) is 76.2 cm³/mol. The Labute approximate surface area is 120 Å². The first-order valence-electron chi connectivity index (χ1n) is 8.18. The summed E-state index contributed by atoms with van der Waals surface area (Å²) in [6, 6.07) is 4.48. The number of carbonyl (C=O) groups is 1. The Morgan fingerprint density at radius 3 is 2.80 bits per heavy atom. The second-order valence-electron chi connectivity index (χ2n) is 6.75. The van der Waals surface area contributed by atoms with Gasteiger partial charge in [0.1, 0.15) is 5.76 Å². The number of hydrogen-bond donors (Lipinski definition) is 0. The van der Waals surface area contributed by atoms with Gasteiger partial charge in [0.25, 0.3) is 0 Å². The van der Waals surface area contributed by atoms with Gasteiger partial charge in [0.15, 0.2) is 0 Å². The van der Waals surface area contributed by atoms with Crippen molar-refractivity contribution in [3.63, 3.8) is 0 Å². The van der Waals surface area contributed by atoms with Gasteiger partial charge < -0.3 is 9.32 Å². The van der Waals surface area contributed by atoms with E-state index >= 15 is 0 Å². The Hall–Kier alpha value is -1.25. The molecule has 2 aliphatic carbocycles. The largest absolute Gasteiger partial charge is 0.469 e. The minimum atomic E-state index is 0.197. The van der Waals surface area contributed by atoms with Crippen molar-refractivity contribution in [2.75, 3.05) is 6.54 Å². The lowest BCUT2D eigenvalue weighted by Gasteiger charge is -2.29. The van der Waals surface area contributed by atoms with E-state index in [1.807, 2.05) is 12.1 Å². The van der Waals surface area contributed by atoms with Crippen molar-refractivity contribution in [1.82, 2.24) is 4.90 Å². The Balaban J connectivity index is 1.43. The van der Waals surface area contributed by atoms with E-state index in [9.17, 15) is 4.79 Å². The van der Waals surface area contributed by atoms with Crippen LogP contribution in [0, 0.1) is 11.8 Å². The summed E-state index contributed by atoms with van der Waals surface area (Å²) >= 11 is 0. The summed E-state index contributed by atoms with van der Waals surface area (Å²) in [5.74, 6) is 2.73. The quantitative estimate of drug-likeness (QED) is 0.843. The lowest BCUT2D eigenvalue weighted by Crippen LogP contribution is -2.40. The number of likely N-dealkylation sites (tertiary alicyclic amines) is 1. The van der Waals surface area contributed by atoms with Crippen molar-refractivity contribution in [2.24, 2.45) is 11.8 Å². The number of nitrogens with zero attached hydrogens (tertiary/aromatic N) is 1. The smallest absolute Gasteiger partial charge is 0.226 e. The molecular formula is C17H23NO2. The second kappa shape index (κ2) is 4.94. The van der Waals surface area contributed by atoms with Gasteiger partial charge in [-0.1, -0.05) is 12.8 Å². The van der Waals surface area contributed by atoms with Crippen LogP contribution in [-0.2, 0) is 4.79 Å². The van der Waals surface area contributed by atoms with Gasteiger partial charge in [0, 0.05) is 24.4 Å². The van der Waals surface area contributed by atoms with E-state index in [2.05, 4.69) is 4.90 Å². The van der Waals surface area contributed by atoms with Gasteiger partial charge in [-0.05, 0) is 50.2 Å². The third kappa shape index (κ3) is 2.07. The monoisotopic (exact) mass is 273 g/mol. The second-order valence-corrected chi connectivity index (χ2v) is 6.75. The molecule has 3 nitrogen and oxygen atoms in total. The first-order valence-corrected chi connectivity index (χ1v) is 8.18. The maximum Gasteiger partial charge on any atom is 0.226 e. The maximum absolute atomic E-state index is 12.8. The van der Waals surface area contributed by atoms with Gasteiger partial charge in [-0.3, -0.25) is 4.79 Å². The molecule has 3 atom stereocenters. The Morgan fingerprint density at radius 2 is 2.05 bits per heavy atom. The highest BCUT2D eigenvalue weighted by Crippen LogP contribution is 2.50. The Bertz CT molecular complexity index is 475. The van der Waals surface area contributed by atoms with Crippen LogP contribution in [0.5, 0.6) is 0 Å². The summed E-state index contributed by atoms with van der Waals surface area (Å²) in [7, 11) is 0. The van der Waals surface area contributed by atoms with Crippen molar-refractivity contribution in [2.45, 2.75) is 56.9 Å². The fourth-order valence-electron chi connectivity index (χ4n) is 4.40. The topological polar surface area (TPSA) is 33.5 Å². The molecule has 0 N–H and O–H groups in total. The van der Waals surface area contributed by atoms with Crippen LogP contribution >= 0.6 is 0 Å². The zero-order valence-electron chi connectivity index (χ0n) is 12.0. The molecule has 0 spiro atoms. The number of rotatable bonds is 3. The Morgan fingerprint density at radius 1 is 1.20 bits per heavy atom. The van der Waals surface area contributed by atoms with Crippen LogP contribution in [-0.4, -0.2) is 23.4 Å². The third-order valence-electron chi connectivity index (χ3n) is 5.54. The third-order valence-corrected chi connectivity index (χ3v) is 5.54. The molecule has 108 valence electrons. The van der Waals surface area contributed by atoms with Crippen molar-refractivity contribution in [3.05, 3.63) is 24.2 Å². The Kier molecular flexibility index (Phi) is 3.08. The molecule has 20 heavy (non-hydrogen) atoms. The highest BCUT2D eigenvalue weighted by Gasteiger charge is 2.49. The summed E-state index contributed by atoms with van der Waals surface area (Å²) in [5, 5.41) is 0. The standard InChI is InChI=1S/C17H23NO2/c19-17(14-11-13(14)16-8-4-10-20-16)18-9-3-7-15(18)12-5-1-2-6-12/h4,8,10,12-15H,1-3,5-7,9,11H2. The van der Waals surface area contributed by atoms with E-state index in [0.717, 1.165) is 24.6 Å². The van der Waals surface area contributed by atoms with Crippen LogP contribution in [0.3, 0.4) is 0 Å². The van der Waals surface area contributed by atoms with Crippen LogP contribution in [0.25, 0.3) is 0 Å². The molecule has 0 aromatic carbocycles. The van der Waals surface area contributed by atoms with Gasteiger partial charge in [-0.2, -0.15) is 0 Å². The number of furan rings is 1. The molecule has 1 aliphatic heterocycles. The van der Waals surface area contributed by atoms with Gasteiger partial charge in [0.05, 0.1) is 6.26 Å². The van der Waals surface area contributed by atoms with E-state index in [1.165, 1.54) is 38.5 Å². The SMILES string of the molecule is O=C(C1CC1c1ccco1)N1CCCC1C1CCCC1. The summed E-state index contributed by atoms with van der Waals surface area (Å²) in [6.45, 7) is 0.987. The van der Waals surface area contributed by atoms with Crippen molar-refractivity contribution in [3.8, 4) is 0 Å². The van der Waals surface area contributed by atoms with Gasteiger partial charge >= 0.3 is 0 Å². The van der Waals surface area contributed by atoms with E-state index in [-0.39, 0.29) is 5.92 Å². The van der Waals surface area contributed by atoms with Crippen LogP contribution in [0.4, 0.5) is 0 Å². The molecule has 3 unspecified atom stereocenters. The van der Waals surface area contributed by atoms with E-state index < -0.39 is 0 Å². The van der Waals surface area contributed by atoms with Crippen molar-refractivity contribution in [1.29, 1.82) is 0 Å². The molecule has 1 amide bonds. The predicted octanol–water partition coefficient (Wildman–Crippen LogP) is 3.56. The summed E-state index contributed by atoms with van der Waals surface area (Å²) in [5.41, 5.74) is 0. The van der Waals surface area contributed by atoms with E-state index in [1.54, 1.807) is 6.26 Å².